The van der Waals surface area contributed by atoms with E-state index in [2.05, 4.69) is 20.2 Å². The summed E-state index contributed by atoms with van der Waals surface area (Å²) in [7, 11) is 0. The summed E-state index contributed by atoms with van der Waals surface area (Å²) in [6, 6.07) is 8.11. The third kappa shape index (κ3) is 3.78. The average molecular weight is 370 g/mol. The second-order valence-corrected chi connectivity index (χ2v) is 7.17. The molecule has 0 unspecified atom stereocenters. The molecule has 7 heteroatoms. The molecule has 0 bridgehead atoms. The summed E-state index contributed by atoms with van der Waals surface area (Å²) < 4.78 is 18.5. The lowest BCUT2D eigenvalue weighted by molar-refractivity contribution is -0.123. The molecule has 1 aliphatic carbocycles. The molecule has 27 heavy (non-hydrogen) atoms. The van der Waals surface area contributed by atoms with Crippen molar-refractivity contribution in [2.75, 3.05) is 31.2 Å². The number of rotatable bonds is 5. The Bertz CT molecular complexity index is 830. The Labute approximate surface area is 157 Å². The number of ether oxygens (including phenoxy) is 1. The van der Waals surface area contributed by atoms with Crippen LogP contribution in [-0.2, 0) is 21.5 Å². The van der Waals surface area contributed by atoms with Gasteiger partial charge >= 0.3 is 0 Å². The molecule has 1 saturated carbocycles. The number of amides is 1. The number of morpholine rings is 1. The van der Waals surface area contributed by atoms with Crippen LogP contribution in [0.5, 0.6) is 0 Å². The number of aryl methyl sites for hydroxylation is 1. The number of nitrogens with one attached hydrogen (secondary N) is 1. The minimum Gasteiger partial charge on any atom is -0.378 e. The molecule has 2 aliphatic rings. The molecule has 2 aromatic rings. The van der Waals surface area contributed by atoms with Gasteiger partial charge in [-0.1, -0.05) is 12.1 Å². The lowest BCUT2D eigenvalue weighted by Crippen LogP contribution is -2.38. The molecule has 2 heterocycles. The van der Waals surface area contributed by atoms with Crippen LogP contribution in [0.4, 0.5) is 10.3 Å². The van der Waals surface area contributed by atoms with Gasteiger partial charge in [-0.15, -0.1) is 0 Å². The minimum absolute atomic E-state index is 0.0294. The number of anilines is 1. The van der Waals surface area contributed by atoms with E-state index in [0.717, 1.165) is 42.9 Å². The molecule has 1 N–H and O–H groups in total. The van der Waals surface area contributed by atoms with Crippen molar-refractivity contribution in [2.24, 2.45) is 0 Å². The zero-order chi connectivity index (χ0) is 18.9. The molecule has 1 aromatic carbocycles. The quantitative estimate of drug-likeness (QED) is 0.873. The van der Waals surface area contributed by atoms with Gasteiger partial charge in [0, 0.05) is 18.8 Å². The molecular formula is C20H23FN4O2. The summed E-state index contributed by atoms with van der Waals surface area (Å²) in [5.41, 5.74) is 2.00. The van der Waals surface area contributed by atoms with E-state index >= 15 is 0 Å². The lowest BCUT2D eigenvalue weighted by atomic mass is 9.95. The van der Waals surface area contributed by atoms with Gasteiger partial charge in [0.1, 0.15) is 5.82 Å². The van der Waals surface area contributed by atoms with E-state index in [-0.39, 0.29) is 11.7 Å². The van der Waals surface area contributed by atoms with E-state index in [4.69, 9.17) is 4.74 Å². The maximum atomic E-state index is 13.2. The minimum atomic E-state index is -0.525. The smallest absolute Gasteiger partial charge is 0.230 e. The highest BCUT2D eigenvalue weighted by molar-refractivity contribution is 5.91. The van der Waals surface area contributed by atoms with Crippen molar-refractivity contribution in [3.63, 3.8) is 0 Å². The van der Waals surface area contributed by atoms with Crippen LogP contribution in [0.25, 0.3) is 0 Å². The zero-order valence-corrected chi connectivity index (χ0v) is 15.4. The number of hydrogen-bond donors (Lipinski definition) is 1. The Morgan fingerprint density at radius 2 is 1.93 bits per heavy atom. The highest BCUT2D eigenvalue weighted by Gasteiger charge is 2.51. The SMILES string of the molecule is Cc1cc(CNC(=O)C2(c3ccc(F)cc3)CC2)nc(N2CCOCC2)n1. The summed E-state index contributed by atoms with van der Waals surface area (Å²) >= 11 is 0. The highest BCUT2D eigenvalue weighted by atomic mass is 19.1. The fourth-order valence-electron chi connectivity index (χ4n) is 3.49. The maximum Gasteiger partial charge on any atom is 0.230 e. The molecule has 0 atom stereocenters. The van der Waals surface area contributed by atoms with Crippen molar-refractivity contribution in [3.05, 3.63) is 53.1 Å². The monoisotopic (exact) mass is 370 g/mol. The lowest BCUT2D eigenvalue weighted by Gasteiger charge is -2.27. The molecule has 142 valence electrons. The van der Waals surface area contributed by atoms with Gasteiger partial charge in [-0.25, -0.2) is 14.4 Å². The summed E-state index contributed by atoms with van der Waals surface area (Å²) in [6.45, 7) is 5.15. The van der Waals surface area contributed by atoms with Crippen LogP contribution in [-0.4, -0.2) is 42.2 Å². The second kappa shape index (κ2) is 7.23. The molecule has 1 saturated heterocycles. The van der Waals surface area contributed by atoms with Crippen molar-refractivity contribution in [1.29, 1.82) is 0 Å². The standard InChI is InChI=1S/C20H23FN4O2/c1-14-12-17(24-19(23-14)25-8-10-27-11-9-25)13-22-18(26)20(6-7-20)15-2-4-16(21)5-3-15/h2-5,12H,6-11,13H2,1H3,(H,22,26). The molecule has 4 rings (SSSR count). The Hall–Kier alpha value is -2.54. The van der Waals surface area contributed by atoms with Crippen LogP contribution in [0.2, 0.25) is 0 Å². The first-order chi connectivity index (χ1) is 13.1. The summed E-state index contributed by atoms with van der Waals surface area (Å²) in [6.07, 6.45) is 1.57. The molecule has 1 aromatic heterocycles. The number of hydrogen-bond acceptors (Lipinski definition) is 5. The molecule has 0 radical (unpaired) electrons. The summed E-state index contributed by atoms with van der Waals surface area (Å²) in [5.74, 6) is 0.363. The number of benzene rings is 1. The number of nitrogens with zero attached hydrogens (tertiary/aromatic N) is 3. The molecule has 6 nitrogen and oxygen atoms in total. The predicted molar refractivity (Wildman–Crippen MR) is 99.0 cm³/mol. The van der Waals surface area contributed by atoms with E-state index in [9.17, 15) is 9.18 Å². The molecule has 1 amide bonds. The predicted octanol–water partition coefficient (Wildman–Crippen LogP) is 2.11. The van der Waals surface area contributed by atoms with E-state index in [1.165, 1.54) is 12.1 Å². The van der Waals surface area contributed by atoms with Crippen molar-refractivity contribution < 1.29 is 13.9 Å². The Morgan fingerprint density at radius 3 is 2.59 bits per heavy atom. The summed E-state index contributed by atoms with van der Waals surface area (Å²) in [4.78, 5) is 24.0. The number of carbonyl (C=O) groups excluding carboxylic acids is 1. The van der Waals surface area contributed by atoms with Crippen LogP contribution in [0.15, 0.2) is 30.3 Å². The fraction of sp³-hybridized carbons (Fsp3) is 0.450. The maximum absolute atomic E-state index is 13.2. The summed E-state index contributed by atoms with van der Waals surface area (Å²) in [5, 5.41) is 3.01. The van der Waals surface area contributed by atoms with Crippen LogP contribution in [0, 0.1) is 12.7 Å². The number of carbonyl (C=O) groups is 1. The van der Waals surface area contributed by atoms with Crippen molar-refractivity contribution in [1.82, 2.24) is 15.3 Å². The van der Waals surface area contributed by atoms with Gasteiger partial charge < -0.3 is 15.0 Å². The van der Waals surface area contributed by atoms with Crippen LogP contribution >= 0.6 is 0 Å². The van der Waals surface area contributed by atoms with E-state index in [1.54, 1.807) is 12.1 Å². The van der Waals surface area contributed by atoms with E-state index in [1.807, 2.05) is 13.0 Å². The highest BCUT2D eigenvalue weighted by Crippen LogP contribution is 2.48. The van der Waals surface area contributed by atoms with Crippen molar-refractivity contribution in [2.45, 2.75) is 31.7 Å². The van der Waals surface area contributed by atoms with Crippen molar-refractivity contribution in [3.8, 4) is 0 Å². The van der Waals surface area contributed by atoms with Gasteiger partial charge in [0.15, 0.2) is 0 Å². The topological polar surface area (TPSA) is 67.4 Å². The average Bonchev–Trinajstić information content (AvgIpc) is 3.49. The first-order valence-electron chi connectivity index (χ1n) is 9.28. The van der Waals surface area contributed by atoms with Gasteiger partial charge in [-0.2, -0.15) is 0 Å². The van der Waals surface area contributed by atoms with Gasteiger partial charge in [0.25, 0.3) is 0 Å². The normalized spacial score (nSPS) is 18.2. The Balaban J connectivity index is 1.44. The second-order valence-electron chi connectivity index (χ2n) is 7.17. The van der Waals surface area contributed by atoms with Gasteiger partial charge in [-0.05, 0) is 43.5 Å². The largest absolute Gasteiger partial charge is 0.378 e. The molecule has 2 fully saturated rings. The van der Waals surface area contributed by atoms with Crippen LogP contribution in [0.3, 0.4) is 0 Å². The molecule has 0 spiro atoms. The number of halogens is 1. The van der Waals surface area contributed by atoms with E-state index < -0.39 is 5.41 Å². The molecule has 1 aliphatic heterocycles. The van der Waals surface area contributed by atoms with Gasteiger partial charge in [-0.3, -0.25) is 4.79 Å². The third-order valence-electron chi connectivity index (χ3n) is 5.20. The zero-order valence-electron chi connectivity index (χ0n) is 15.4. The van der Waals surface area contributed by atoms with Crippen LogP contribution in [0.1, 0.15) is 29.8 Å². The fourth-order valence-corrected chi connectivity index (χ4v) is 3.49. The van der Waals surface area contributed by atoms with Gasteiger partial charge in [0.2, 0.25) is 11.9 Å². The first-order valence-corrected chi connectivity index (χ1v) is 9.28. The first kappa shape index (κ1) is 17.9. The number of aromatic nitrogens is 2. The Morgan fingerprint density at radius 1 is 1.22 bits per heavy atom. The molecular weight excluding hydrogens is 347 g/mol. The van der Waals surface area contributed by atoms with Crippen molar-refractivity contribution >= 4 is 11.9 Å². The van der Waals surface area contributed by atoms with E-state index in [0.29, 0.717) is 25.7 Å². The third-order valence-corrected chi connectivity index (χ3v) is 5.20. The van der Waals surface area contributed by atoms with Crippen LogP contribution < -0.4 is 10.2 Å². The Kier molecular flexibility index (Phi) is 4.78. The van der Waals surface area contributed by atoms with Gasteiger partial charge in [0.05, 0.1) is 30.9 Å².